The number of hydrazone groups is 1. The molecule has 0 saturated carbocycles. The number of nitrogens with two attached hydrogens (primary N) is 1. The van der Waals surface area contributed by atoms with Crippen LogP contribution in [0.2, 0.25) is 0 Å². The van der Waals surface area contributed by atoms with Gasteiger partial charge in [0.05, 0.1) is 5.92 Å². The zero-order chi connectivity index (χ0) is 11.5. The van der Waals surface area contributed by atoms with Crippen LogP contribution in [-0.4, -0.2) is 28.4 Å². The van der Waals surface area contributed by atoms with Crippen molar-refractivity contribution in [2.45, 2.75) is 13.3 Å². The molecule has 1 aliphatic rings. The topological polar surface area (TPSA) is 84.5 Å². The SMILES string of the molecule is CC1=NN(c2cccnn2)C(=O)C1CCN. The first-order valence-corrected chi connectivity index (χ1v) is 5.11. The molecule has 16 heavy (non-hydrogen) atoms. The molecule has 84 valence electrons. The number of carbonyl (C=O) groups is 1. The molecule has 2 N–H and O–H groups in total. The minimum atomic E-state index is -0.216. The average Bonchev–Trinajstić information content (AvgIpc) is 2.59. The van der Waals surface area contributed by atoms with E-state index in [-0.39, 0.29) is 11.8 Å². The van der Waals surface area contributed by atoms with Gasteiger partial charge in [0.25, 0.3) is 5.91 Å². The summed E-state index contributed by atoms with van der Waals surface area (Å²) in [5.41, 5.74) is 6.24. The van der Waals surface area contributed by atoms with E-state index in [2.05, 4.69) is 15.3 Å². The Hall–Kier alpha value is -1.82. The average molecular weight is 219 g/mol. The zero-order valence-electron chi connectivity index (χ0n) is 9.00. The van der Waals surface area contributed by atoms with E-state index >= 15 is 0 Å². The van der Waals surface area contributed by atoms with Crippen LogP contribution in [0.1, 0.15) is 13.3 Å². The molecule has 0 aliphatic carbocycles. The van der Waals surface area contributed by atoms with Crippen LogP contribution in [0.3, 0.4) is 0 Å². The molecule has 1 aliphatic heterocycles. The van der Waals surface area contributed by atoms with E-state index in [1.165, 1.54) is 5.01 Å². The smallest absolute Gasteiger partial charge is 0.257 e. The van der Waals surface area contributed by atoms with Gasteiger partial charge in [0.15, 0.2) is 5.82 Å². The first-order valence-electron chi connectivity index (χ1n) is 5.11. The number of hydrogen-bond donors (Lipinski definition) is 1. The molecule has 0 radical (unpaired) electrons. The van der Waals surface area contributed by atoms with Gasteiger partial charge in [-0.25, -0.2) is 0 Å². The Labute approximate surface area is 93.1 Å². The van der Waals surface area contributed by atoms with Gasteiger partial charge in [-0.3, -0.25) is 4.79 Å². The quantitative estimate of drug-likeness (QED) is 0.785. The van der Waals surface area contributed by atoms with Gasteiger partial charge in [-0.1, -0.05) is 0 Å². The van der Waals surface area contributed by atoms with E-state index in [0.717, 1.165) is 5.71 Å². The summed E-state index contributed by atoms with van der Waals surface area (Å²) in [5, 5.41) is 13.1. The summed E-state index contributed by atoms with van der Waals surface area (Å²) in [5.74, 6) is 0.154. The zero-order valence-corrected chi connectivity index (χ0v) is 9.00. The minimum Gasteiger partial charge on any atom is -0.330 e. The number of hydrogen-bond acceptors (Lipinski definition) is 5. The van der Waals surface area contributed by atoms with Gasteiger partial charge in [0.1, 0.15) is 0 Å². The number of anilines is 1. The molecule has 1 aromatic heterocycles. The van der Waals surface area contributed by atoms with Crippen LogP contribution < -0.4 is 10.7 Å². The van der Waals surface area contributed by atoms with Crippen molar-refractivity contribution in [1.82, 2.24) is 10.2 Å². The number of nitrogens with zero attached hydrogens (tertiary/aromatic N) is 4. The Morgan fingerprint density at radius 2 is 2.38 bits per heavy atom. The highest BCUT2D eigenvalue weighted by Gasteiger charge is 2.34. The highest BCUT2D eigenvalue weighted by atomic mass is 16.2. The molecule has 0 aromatic carbocycles. The standard InChI is InChI=1S/C10H13N5O/c1-7-8(4-5-11)10(16)15(14-7)9-3-2-6-12-13-9/h2-3,6,8H,4-5,11H2,1H3. The van der Waals surface area contributed by atoms with Gasteiger partial charge >= 0.3 is 0 Å². The van der Waals surface area contributed by atoms with Crippen LogP contribution in [0.15, 0.2) is 23.4 Å². The van der Waals surface area contributed by atoms with Gasteiger partial charge in [0.2, 0.25) is 0 Å². The fraction of sp³-hybridized carbons (Fsp3) is 0.400. The summed E-state index contributed by atoms with van der Waals surface area (Å²) in [4.78, 5) is 12.0. The van der Waals surface area contributed by atoms with Gasteiger partial charge in [-0.2, -0.15) is 15.2 Å². The molecule has 2 rings (SSSR count). The largest absolute Gasteiger partial charge is 0.330 e. The lowest BCUT2D eigenvalue weighted by molar-refractivity contribution is -0.119. The number of aromatic nitrogens is 2. The molecule has 1 unspecified atom stereocenters. The molecule has 0 spiro atoms. The van der Waals surface area contributed by atoms with Crippen molar-refractivity contribution in [1.29, 1.82) is 0 Å². The number of carbonyl (C=O) groups excluding carboxylic acids is 1. The summed E-state index contributed by atoms with van der Waals surface area (Å²) in [6.45, 7) is 2.30. The predicted octanol–water partition coefficient (Wildman–Crippen LogP) is 0.164. The summed E-state index contributed by atoms with van der Waals surface area (Å²) in [7, 11) is 0. The van der Waals surface area contributed by atoms with Gasteiger partial charge in [-0.15, -0.1) is 5.10 Å². The first-order chi connectivity index (χ1) is 7.74. The van der Waals surface area contributed by atoms with E-state index in [4.69, 9.17) is 5.73 Å². The van der Waals surface area contributed by atoms with E-state index in [1.807, 2.05) is 6.92 Å². The second-order valence-electron chi connectivity index (χ2n) is 3.60. The Morgan fingerprint density at radius 1 is 1.56 bits per heavy atom. The minimum absolute atomic E-state index is 0.0801. The second kappa shape index (κ2) is 4.36. The Morgan fingerprint density at radius 3 is 3.00 bits per heavy atom. The van der Waals surface area contributed by atoms with Crippen LogP contribution in [0, 0.1) is 5.92 Å². The highest BCUT2D eigenvalue weighted by molar-refractivity contribution is 6.14. The summed E-state index contributed by atoms with van der Waals surface area (Å²) in [6.07, 6.45) is 2.17. The molecular weight excluding hydrogens is 206 g/mol. The molecule has 2 heterocycles. The van der Waals surface area contributed by atoms with Crippen molar-refractivity contribution >= 4 is 17.4 Å². The third kappa shape index (κ3) is 1.79. The van der Waals surface area contributed by atoms with Crippen molar-refractivity contribution in [3.8, 4) is 0 Å². The van der Waals surface area contributed by atoms with Crippen LogP contribution >= 0.6 is 0 Å². The van der Waals surface area contributed by atoms with E-state index < -0.39 is 0 Å². The molecule has 1 amide bonds. The second-order valence-corrected chi connectivity index (χ2v) is 3.60. The van der Waals surface area contributed by atoms with Crippen molar-refractivity contribution in [2.24, 2.45) is 16.8 Å². The maximum absolute atomic E-state index is 12.0. The van der Waals surface area contributed by atoms with E-state index in [0.29, 0.717) is 18.8 Å². The first kappa shape index (κ1) is 10.7. The Bertz CT molecular complexity index is 416. The van der Waals surface area contributed by atoms with Gasteiger partial charge in [0, 0.05) is 11.9 Å². The lowest BCUT2D eigenvalue weighted by Crippen LogP contribution is -2.29. The van der Waals surface area contributed by atoms with Crippen molar-refractivity contribution in [2.75, 3.05) is 11.6 Å². The van der Waals surface area contributed by atoms with Crippen LogP contribution in [0.25, 0.3) is 0 Å². The van der Waals surface area contributed by atoms with Crippen LogP contribution in [0.5, 0.6) is 0 Å². The molecule has 1 aromatic rings. The Kier molecular flexibility index (Phi) is 2.91. The molecule has 6 nitrogen and oxygen atoms in total. The van der Waals surface area contributed by atoms with Crippen LogP contribution in [0.4, 0.5) is 5.82 Å². The van der Waals surface area contributed by atoms with Crippen molar-refractivity contribution < 1.29 is 4.79 Å². The molecule has 0 fully saturated rings. The van der Waals surface area contributed by atoms with Gasteiger partial charge in [-0.05, 0) is 32.0 Å². The molecular formula is C10H13N5O. The molecule has 0 bridgehead atoms. The fourth-order valence-electron chi connectivity index (χ4n) is 1.67. The third-order valence-corrected chi connectivity index (χ3v) is 2.50. The van der Waals surface area contributed by atoms with Crippen LogP contribution in [-0.2, 0) is 4.79 Å². The maximum atomic E-state index is 12.0. The Balaban J connectivity index is 2.24. The van der Waals surface area contributed by atoms with Crippen molar-refractivity contribution in [3.63, 3.8) is 0 Å². The number of amides is 1. The lowest BCUT2D eigenvalue weighted by atomic mass is 10.0. The molecule has 1 atom stereocenters. The summed E-state index contributed by atoms with van der Waals surface area (Å²) >= 11 is 0. The summed E-state index contributed by atoms with van der Waals surface area (Å²) in [6, 6.07) is 3.42. The highest BCUT2D eigenvalue weighted by Crippen LogP contribution is 2.22. The number of rotatable bonds is 3. The lowest BCUT2D eigenvalue weighted by Gasteiger charge is -2.11. The monoisotopic (exact) mass is 219 g/mol. The van der Waals surface area contributed by atoms with E-state index in [9.17, 15) is 4.79 Å². The van der Waals surface area contributed by atoms with Crippen molar-refractivity contribution in [3.05, 3.63) is 18.3 Å². The molecule has 6 heteroatoms. The van der Waals surface area contributed by atoms with Gasteiger partial charge < -0.3 is 5.73 Å². The van der Waals surface area contributed by atoms with E-state index in [1.54, 1.807) is 18.3 Å². The third-order valence-electron chi connectivity index (χ3n) is 2.50. The normalized spacial score (nSPS) is 20.1. The molecule has 0 saturated heterocycles. The maximum Gasteiger partial charge on any atom is 0.257 e. The fourth-order valence-corrected chi connectivity index (χ4v) is 1.67. The predicted molar refractivity (Wildman–Crippen MR) is 59.8 cm³/mol. The summed E-state index contributed by atoms with van der Waals surface area (Å²) < 4.78 is 0.